The number of amides is 1. The lowest BCUT2D eigenvalue weighted by Gasteiger charge is -2.05. The van der Waals surface area contributed by atoms with Crippen LogP contribution in [-0.2, 0) is 0 Å². The van der Waals surface area contributed by atoms with Gasteiger partial charge < -0.3 is 10.6 Å². The molecule has 0 saturated heterocycles. The number of benzene rings is 2. The molecule has 4 nitrogen and oxygen atoms in total. The van der Waals surface area contributed by atoms with E-state index in [0.29, 0.717) is 4.88 Å². The van der Waals surface area contributed by atoms with Gasteiger partial charge in [-0.3, -0.25) is 4.79 Å². The van der Waals surface area contributed by atoms with Gasteiger partial charge in [-0.15, -0.1) is 22.7 Å². The first-order valence-corrected chi connectivity index (χ1v) is 10.2. The summed E-state index contributed by atoms with van der Waals surface area (Å²) in [5.74, 6) is -0.0870. The van der Waals surface area contributed by atoms with E-state index in [1.54, 1.807) is 11.3 Å². The number of thiophene rings is 1. The average molecular weight is 392 g/mol. The molecule has 0 fully saturated rings. The molecular formula is C21H17N3OS2. The number of aryl methyl sites for hydroxylation is 1. The Bertz CT molecular complexity index is 1050. The number of nitrogens with one attached hydrogen (secondary N) is 2. The lowest BCUT2D eigenvalue weighted by molar-refractivity contribution is 0.103. The third-order valence-corrected chi connectivity index (χ3v) is 5.58. The molecule has 2 aromatic carbocycles. The number of nitrogens with zero attached hydrogens (tertiary/aromatic N) is 1. The van der Waals surface area contributed by atoms with E-state index >= 15 is 0 Å². The maximum Gasteiger partial charge on any atom is 0.265 e. The molecule has 6 heteroatoms. The van der Waals surface area contributed by atoms with Gasteiger partial charge in [0, 0.05) is 22.3 Å². The Hall–Kier alpha value is -2.96. The fourth-order valence-corrected chi connectivity index (χ4v) is 3.99. The highest BCUT2D eigenvalue weighted by molar-refractivity contribution is 7.14. The number of anilines is 3. The zero-order valence-corrected chi connectivity index (χ0v) is 16.2. The summed E-state index contributed by atoms with van der Waals surface area (Å²) >= 11 is 2.99. The van der Waals surface area contributed by atoms with Crippen LogP contribution in [0, 0.1) is 6.92 Å². The number of carbonyl (C=O) groups is 1. The Morgan fingerprint density at radius 3 is 2.56 bits per heavy atom. The van der Waals surface area contributed by atoms with Crippen LogP contribution in [0.15, 0.2) is 71.4 Å². The molecule has 4 aromatic rings. The van der Waals surface area contributed by atoms with Gasteiger partial charge in [-0.25, -0.2) is 4.98 Å². The van der Waals surface area contributed by atoms with Crippen molar-refractivity contribution in [3.8, 4) is 11.3 Å². The van der Waals surface area contributed by atoms with Crippen LogP contribution < -0.4 is 10.6 Å². The summed E-state index contributed by atoms with van der Waals surface area (Å²) in [5.41, 5.74) is 4.92. The van der Waals surface area contributed by atoms with Crippen molar-refractivity contribution in [2.24, 2.45) is 0 Å². The molecule has 1 amide bonds. The first-order valence-electron chi connectivity index (χ1n) is 8.42. The third-order valence-electron chi connectivity index (χ3n) is 3.96. The second-order valence-electron chi connectivity index (χ2n) is 6.04. The zero-order chi connectivity index (χ0) is 18.6. The number of rotatable bonds is 5. The first kappa shape index (κ1) is 17.5. The monoisotopic (exact) mass is 391 g/mol. The third kappa shape index (κ3) is 4.24. The van der Waals surface area contributed by atoms with E-state index in [9.17, 15) is 4.79 Å². The summed E-state index contributed by atoms with van der Waals surface area (Å²) in [4.78, 5) is 17.5. The van der Waals surface area contributed by atoms with Gasteiger partial charge in [0.05, 0.1) is 10.6 Å². The average Bonchev–Trinajstić information content (AvgIpc) is 3.34. The van der Waals surface area contributed by atoms with Crippen LogP contribution in [0.5, 0.6) is 0 Å². The van der Waals surface area contributed by atoms with Crippen molar-refractivity contribution in [2.75, 3.05) is 10.6 Å². The van der Waals surface area contributed by atoms with Gasteiger partial charge in [0.15, 0.2) is 5.13 Å². The second-order valence-corrected chi connectivity index (χ2v) is 7.85. The fraction of sp³-hybridized carbons (Fsp3) is 0.0476. The van der Waals surface area contributed by atoms with E-state index < -0.39 is 0 Å². The molecule has 0 aliphatic heterocycles. The summed E-state index contributed by atoms with van der Waals surface area (Å²) in [7, 11) is 0. The second kappa shape index (κ2) is 7.73. The molecule has 134 valence electrons. The number of thiazole rings is 1. The summed E-state index contributed by atoms with van der Waals surface area (Å²) in [5, 5.41) is 11.0. The van der Waals surface area contributed by atoms with Crippen molar-refractivity contribution in [2.45, 2.75) is 6.92 Å². The quantitative estimate of drug-likeness (QED) is 0.427. The van der Waals surface area contributed by atoms with Crippen LogP contribution in [0.1, 0.15) is 15.2 Å². The summed E-state index contributed by atoms with van der Waals surface area (Å²) in [6, 6.07) is 19.6. The molecule has 4 rings (SSSR count). The molecule has 0 unspecified atom stereocenters. The zero-order valence-electron chi connectivity index (χ0n) is 14.6. The summed E-state index contributed by atoms with van der Waals surface area (Å²) < 4.78 is 0. The van der Waals surface area contributed by atoms with Gasteiger partial charge in [-0.05, 0) is 48.2 Å². The van der Waals surface area contributed by atoms with Gasteiger partial charge in [0.2, 0.25) is 0 Å². The molecule has 2 aromatic heterocycles. The molecule has 0 aliphatic rings. The first-order chi connectivity index (χ1) is 13.2. The Kier molecular flexibility index (Phi) is 5.00. The van der Waals surface area contributed by atoms with Crippen LogP contribution in [0.4, 0.5) is 16.5 Å². The van der Waals surface area contributed by atoms with Crippen LogP contribution in [-0.4, -0.2) is 10.9 Å². The van der Waals surface area contributed by atoms with Gasteiger partial charge >= 0.3 is 0 Å². The normalized spacial score (nSPS) is 10.6. The topological polar surface area (TPSA) is 54.0 Å². The molecule has 0 atom stereocenters. The standard InChI is InChI=1S/C21H17N3OS2/c1-14-4-2-5-17(12-14)23-21-24-18(13-27-21)15-7-9-16(10-8-15)22-20(25)19-6-3-11-26-19/h2-13H,1H3,(H,22,25)(H,23,24). The van der Waals surface area contributed by atoms with E-state index in [2.05, 4.69) is 34.7 Å². The molecule has 0 radical (unpaired) electrons. The Balaban J connectivity index is 1.45. The molecule has 0 spiro atoms. The molecule has 0 aliphatic carbocycles. The maximum atomic E-state index is 12.1. The van der Waals surface area contributed by atoms with Crippen molar-refractivity contribution in [1.82, 2.24) is 4.98 Å². The molecule has 0 saturated carbocycles. The summed E-state index contributed by atoms with van der Waals surface area (Å²) in [6.07, 6.45) is 0. The largest absolute Gasteiger partial charge is 0.332 e. The lowest BCUT2D eigenvalue weighted by Crippen LogP contribution is -2.09. The predicted octanol–water partition coefficient (Wildman–Crippen LogP) is 6.18. The highest BCUT2D eigenvalue weighted by Crippen LogP contribution is 2.28. The number of carbonyl (C=O) groups excluding carboxylic acids is 1. The van der Waals surface area contributed by atoms with Gasteiger partial charge in [0.25, 0.3) is 5.91 Å². The van der Waals surface area contributed by atoms with Gasteiger partial charge in [-0.2, -0.15) is 0 Å². The molecule has 2 heterocycles. The fourth-order valence-electron chi connectivity index (χ4n) is 2.63. The molecule has 2 N–H and O–H groups in total. The van der Waals surface area contributed by atoms with E-state index in [1.807, 2.05) is 59.3 Å². The maximum absolute atomic E-state index is 12.1. The lowest BCUT2D eigenvalue weighted by atomic mass is 10.1. The number of hydrogen-bond acceptors (Lipinski definition) is 5. The minimum absolute atomic E-state index is 0.0870. The Morgan fingerprint density at radius 2 is 1.81 bits per heavy atom. The summed E-state index contributed by atoms with van der Waals surface area (Å²) in [6.45, 7) is 2.07. The van der Waals surface area contributed by atoms with E-state index in [4.69, 9.17) is 0 Å². The SMILES string of the molecule is Cc1cccc(Nc2nc(-c3ccc(NC(=O)c4cccs4)cc3)cs2)c1. The van der Waals surface area contributed by atoms with E-state index in [-0.39, 0.29) is 5.91 Å². The number of aromatic nitrogens is 1. The molecule has 0 bridgehead atoms. The predicted molar refractivity (Wildman–Crippen MR) is 114 cm³/mol. The van der Waals surface area contributed by atoms with E-state index in [1.165, 1.54) is 16.9 Å². The highest BCUT2D eigenvalue weighted by Gasteiger charge is 2.08. The van der Waals surface area contributed by atoms with Crippen molar-refractivity contribution in [1.29, 1.82) is 0 Å². The minimum atomic E-state index is -0.0870. The number of hydrogen-bond donors (Lipinski definition) is 2. The van der Waals surface area contributed by atoms with Gasteiger partial charge in [0.1, 0.15) is 0 Å². The molecular weight excluding hydrogens is 374 g/mol. The van der Waals surface area contributed by atoms with Crippen LogP contribution in [0.3, 0.4) is 0 Å². The molecule has 27 heavy (non-hydrogen) atoms. The van der Waals surface area contributed by atoms with Crippen molar-refractivity contribution < 1.29 is 4.79 Å². The van der Waals surface area contributed by atoms with Crippen molar-refractivity contribution >= 4 is 45.1 Å². The van der Waals surface area contributed by atoms with Gasteiger partial charge in [-0.1, -0.05) is 30.3 Å². The van der Waals surface area contributed by atoms with Crippen LogP contribution in [0.25, 0.3) is 11.3 Å². The van der Waals surface area contributed by atoms with Crippen molar-refractivity contribution in [3.05, 3.63) is 81.9 Å². The minimum Gasteiger partial charge on any atom is -0.332 e. The van der Waals surface area contributed by atoms with E-state index in [0.717, 1.165) is 27.8 Å². The van der Waals surface area contributed by atoms with Crippen LogP contribution in [0.2, 0.25) is 0 Å². The van der Waals surface area contributed by atoms with Crippen molar-refractivity contribution in [3.63, 3.8) is 0 Å². The Labute approximate surface area is 165 Å². The smallest absolute Gasteiger partial charge is 0.265 e. The van der Waals surface area contributed by atoms with Crippen LogP contribution >= 0.6 is 22.7 Å². The Morgan fingerprint density at radius 1 is 0.963 bits per heavy atom. The highest BCUT2D eigenvalue weighted by atomic mass is 32.1.